The molecule has 0 saturated carbocycles. The first kappa shape index (κ1) is 7.85. The summed E-state index contributed by atoms with van der Waals surface area (Å²) >= 11 is 1.61. The Balaban J connectivity index is 2.01. The van der Waals surface area contributed by atoms with Crippen LogP contribution < -0.4 is 5.32 Å². The molecule has 1 aliphatic rings. The van der Waals surface area contributed by atoms with Crippen molar-refractivity contribution in [2.45, 2.75) is 6.42 Å². The third kappa shape index (κ3) is 2.56. The van der Waals surface area contributed by atoms with Crippen molar-refractivity contribution in [3.63, 3.8) is 0 Å². The molecule has 58 valence electrons. The van der Waals surface area contributed by atoms with Crippen LogP contribution in [0.2, 0.25) is 0 Å². The second kappa shape index (κ2) is 4.55. The van der Waals surface area contributed by atoms with Gasteiger partial charge in [0.15, 0.2) is 5.17 Å². The summed E-state index contributed by atoms with van der Waals surface area (Å²) in [6.07, 6.45) is 0.630. The lowest BCUT2D eigenvalue weighted by atomic mass is 10.6. The first-order valence-corrected chi connectivity index (χ1v) is 4.39. The Labute approximate surface area is 64.3 Å². The average Bonchev–Trinajstić information content (AvgIpc) is 2.41. The van der Waals surface area contributed by atoms with E-state index in [9.17, 15) is 4.39 Å². The number of nitrogens with one attached hydrogen (secondary N) is 1. The largest absolute Gasteiger partial charge is 0.363 e. The third-order valence-electron chi connectivity index (χ3n) is 1.16. The maximum Gasteiger partial charge on any atom is 0.156 e. The number of alkyl halides is 1. The van der Waals surface area contributed by atoms with Crippen molar-refractivity contribution < 1.29 is 4.39 Å². The number of hydrogen-bond donors (Lipinski definition) is 1. The van der Waals surface area contributed by atoms with E-state index < -0.39 is 0 Å². The zero-order valence-corrected chi connectivity index (χ0v) is 6.59. The van der Waals surface area contributed by atoms with Crippen molar-refractivity contribution >= 4 is 16.9 Å². The molecule has 0 aromatic carbocycles. The maximum absolute atomic E-state index is 11.6. The Morgan fingerprint density at radius 3 is 3.20 bits per heavy atom. The van der Waals surface area contributed by atoms with Gasteiger partial charge in [0.2, 0.25) is 0 Å². The lowest BCUT2D eigenvalue weighted by molar-refractivity contribution is 0.489. The van der Waals surface area contributed by atoms with Crippen LogP contribution in [0.5, 0.6) is 0 Å². The average molecular weight is 162 g/mol. The van der Waals surface area contributed by atoms with Crippen molar-refractivity contribution in [2.75, 3.05) is 25.5 Å². The summed E-state index contributed by atoms with van der Waals surface area (Å²) < 4.78 is 11.6. The lowest BCUT2D eigenvalue weighted by Crippen LogP contribution is -2.15. The second-order valence-corrected chi connectivity index (χ2v) is 3.09. The monoisotopic (exact) mass is 162 g/mol. The topological polar surface area (TPSA) is 24.4 Å². The van der Waals surface area contributed by atoms with Crippen LogP contribution in [-0.2, 0) is 0 Å². The molecule has 1 aliphatic heterocycles. The van der Waals surface area contributed by atoms with E-state index >= 15 is 0 Å². The van der Waals surface area contributed by atoms with Gasteiger partial charge in [-0.05, 0) is 6.42 Å². The van der Waals surface area contributed by atoms with E-state index in [0.717, 1.165) is 24.0 Å². The summed E-state index contributed by atoms with van der Waals surface area (Å²) in [6, 6.07) is 0. The van der Waals surface area contributed by atoms with Crippen molar-refractivity contribution in [3.05, 3.63) is 0 Å². The number of aliphatic imine (C=N–C) groups is 1. The van der Waals surface area contributed by atoms with Crippen LogP contribution in [-0.4, -0.2) is 30.7 Å². The molecule has 1 N–H and O–H groups in total. The summed E-state index contributed by atoms with van der Waals surface area (Å²) in [4.78, 5) is 4.15. The fourth-order valence-electron chi connectivity index (χ4n) is 0.696. The molecule has 4 heteroatoms. The Morgan fingerprint density at radius 2 is 2.60 bits per heavy atom. The highest BCUT2D eigenvalue weighted by atomic mass is 32.2. The van der Waals surface area contributed by atoms with Crippen molar-refractivity contribution in [1.82, 2.24) is 5.32 Å². The SMILES string of the molecule is FCCCSC1=NCCN1. The summed E-state index contributed by atoms with van der Waals surface area (Å²) in [5, 5.41) is 4.09. The van der Waals surface area contributed by atoms with Crippen LogP contribution in [0.15, 0.2) is 4.99 Å². The fraction of sp³-hybridized carbons (Fsp3) is 0.833. The highest BCUT2D eigenvalue weighted by molar-refractivity contribution is 8.13. The molecule has 2 nitrogen and oxygen atoms in total. The number of halogens is 1. The van der Waals surface area contributed by atoms with E-state index in [1.165, 1.54) is 0 Å². The van der Waals surface area contributed by atoms with Gasteiger partial charge in [-0.25, -0.2) is 0 Å². The van der Waals surface area contributed by atoms with Gasteiger partial charge in [-0.1, -0.05) is 11.8 Å². The van der Waals surface area contributed by atoms with Crippen LogP contribution in [0.3, 0.4) is 0 Å². The fourth-order valence-corrected chi connectivity index (χ4v) is 1.53. The van der Waals surface area contributed by atoms with Crippen molar-refractivity contribution in [3.8, 4) is 0 Å². The summed E-state index contributed by atoms with van der Waals surface area (Å²) in [7, 11) is 0. The van der Waals surface area contributed by atoms with Gasteiger partial charge in [-0.2, -0.15) is 0 Å². The summed E-state index contributed by atoms with van der Waals surface area (Å²) in [5.41, 5.74) is 0. The first-order valence-electron chi connectivity index (χ1n) is 3.40. The Kier molecular flexibility index (Phi) is 3.57. The standard InChI is InChI=1S/C6H11FN2S/c7-2-1-5-10-6-8-3-4-9-6/h1-5H2,(H,8,9). The molecular weight excluding hydrogens is 151 g/mol. The van der Waals surface area contributed by atoms with Gasteiger partial charge in [0.05, 0.1) is 13.2 Å². The molecule has 0 unspecified atom stereocenters. The molecule has 0 spiro atoms. The molecule has 0 saturated heterocycles. The molecule has 10 heavy (non-hydrogen) atoms. The van der Waals surface area contributed by atoms with Crippen LogP contribution in [0, 0.1) is 0 Å². The minimum atomic E-state index is -0.222. The quantitative estimate of drug-likeness (QED) is 0.627. The van der Waals surface area contributed by atoms with E-state index in [0.29, 0.717) is 6.42 Å². The smallest absolute Gasteiger partial charge is 0.156 e. The van der Waals surface area contributed by atoms with E-state index in [1.807, 2.05) is 0 Å². The van der Waals surface area contributed by atoms with Gasteiger partial charge in [0, 0.05) is 12.3 Å². The van der Waals surface area contributed by atoms with Gasteiger partial charge >= 0.3 is 0 Å². The Bertz CT molecular complexity index is 127. The first-order chi connectivity index (χ1) is 4.93. The Hall–Kier alpha value is -0.250. The van der Waals surface area contributed by atoms with Crippen LogP contribution >= 0.6 is 11.8 Å². The van der Waals surface area contributed by atoms with E-state index in [-0.39, 0.29) is 6.67 Å². The highest BCUT2D eigenvalue weighted by Gasteiger charge is 2.03. The summed E-state index contributed by atoms with van der Waals surface area (Å²) in [5.74, 6) is 0.836. The van der Waals surface area contributed by atoms with E-state index in [1.54, 1.807) is 11.8 Å². The zero-order valence-electron chi connectivity index (χ0n) is 5.77. The number of hydrogen-bond acceptors (Lipinski definition) is 3. The molecule has 1 heterocycles. The second-order valence-electron chi connectivity index (χ2n) is 2.00. The molecule has 0 aromatic heterocycles. The number of thioether (sulfide) groups is 1. The molecule has 0 radical (unpaired) electrons. The van der Waals surface area contributed by atoms with E-state index in [4.69, 9.17) is 0 Å². The van der Waals surface area contributed by atoms with Crippen LogP contribution in [0.25, 0.3) is 0 Å². The number of nitrogens with zero attached hydrogens (tertiary/aromatic N) is 1. The number of rotatable bonds is 3. The molecule has 1 rings (SSSR count). The molecule has 0 fully saturated rings. The minimum absolute atomic E-state index is 0.222. The molecule has 0 amide bonds. The predicted octanol–water partition coefficient (Wildman–Crippen LogP) is 1.04. The van der Waals surface area contributed by atoms with Crippen molar-refractivity contribution in [1.29, 1.82) is 0 Å². The van der Waals surface area contributed by atoms with Crippen LogP contribution in [0.1, 0.15) is 6.42 Å². The van der Waals surface area contributed by atoms with Gasteiger partial charge in [0.1, 0.15) is 0 Å². The Morgan fingerprint density at radius 1 is 1.70 bits per heavy atom. The summed E-state index contributed by atoms with van der Waals surface area (Å²) in [6.45, 7) is 1.59. The maximum atomic E-state index is 11.6. The molecule has 0 aromatic rings. The van der Waals surface area contributed by atoms with Crippen molar-refractivity contribution in [2.24, 2.45) is 4.99 Å². The number of amidine groups is 1. The lowest BCUT2D eigenvalue weighted by Gasteiger charge is -1.98. The molecule has 0 atom stereocenters. The van der Waals surface area contributed by atoms with Gasteiger partial charge in [0.25, 0.3) is 0 Å². The predicted molar refractivity (Wildman–Crippen MR) is 43.4 cm³/mol. The zero-order chi connectivity index (χ0) is 7.23. The van der Waals surface area contributed by atoms with Crippen LogP contribution in [0.4, 0.5) is 4.39 Å². The molecule has 0 aliphatic carbocycles. The highest BCUT2D eigenvalue weighted by Crippen LogP contribution is 2.06. The molecular formula is C6H11FN2S. The van der Waals surface area contributed by atoms with E-state index in [2.05, 4.69) is 10.3 Å². The minimum Gasteiger partial charge on any atom is -0.363 e. The normalized spacial score (nSPS) is 16.7. The van der Waals surface area contributed by atoms with Gasteiger partial charge in [-0.15, -0.1) is 0 Å². The molecule has 0 bridgehead atoms. The third-order valence-corrected chi connectivity index (χ3v) is 2.20. The van der Waals surface area contributed by atoms with Gasteiger partial charge < -0.3 is 5.32 Å². The van der Waals surface area contributed by atoms with Gasteiger partial charge in [-0.3, -0.25) is 9.38 Å².